The lowest BCUT2D eigenvalue weighted by Gasteiger charge is -1.90. The minimum absolute atomic E-state index is 0.328. The standard InChI is InChI=1S/C8H6FN3O/c9-7-6(8(10)13)11-5-3-1-2-4-12(5)7/h1-4H,(H2,10,13). The molecule has 2 rings (SSSR count). The molecular weight excluding hydrogens is 173 g/mol. The summed E-state index contributed by atoms with van der Waals surface area (Å²) >= 11 is 0. The second-order valence-electron chi connectivity index (χ2n) is 2.54. The number of fused-ring (bicyclic) bond motifs is 1. The van der Waals surface area contributed by atoms with E-state index in [0.717, 1.165) is 0 Å². The number of carbonyl (C=O) groups is 1. The first kappa shape index (κ1) is 7.72. The van der Waals surface area contributed by atoms with E-state index in [2.05, 4.69) is 4.98 Å². The van der Waals surface area contributed by atoms with Crippen LogP contribution in [0.3, 0.4) is 0 Å². The maximum atomic E-state index is 13.3. The number of aromatic nitrogens is 2. The number of halogens is 1. The number of carbonyl (C=O) groups excluding carboxylic acids is 1. The van der Waals surface area contributed by atoms with Crippen molar-refractivity contribution in [2.24, 2.45) is 5.73 Å². The van der Waals surface area contributed by atoms with Gasteiger partial charge in [0, 0.05) is 6.20 Å². The number of amides is 1. The molecule has 0 fully saturated rings. The second kappa shape index (κ2) is 2.55. The van der Waals surface area contributed by atoms with Gasteiger partial charge in [-0.05, 0) is 12.1 Å². The summed E-state index contributed by atoms with van der Waals surface area (Å²) in [5, 5.41) is 0. The first-order valence-corrected chi connectivity index (χ1v) is 3.62. The summed E-state index contributed by atoms with van der Waals surface area (Å²) in [5.74, 6) is -1.58. The molecule has 0 saturated heterocycles. The molecule has 4 nitrogen and oxygen atoms in total. The number of nitrogens with two attached hydrogens (primary N) is 1. The highest BCUT2D eigenvalue weighted by Crippen LogP contribution is 2.09. The number of hydrogen-bond acceptors (Lipinski definition) is 2. The molecule has 66 valence electrons. The smallest absolute Gasteiger partial charge is 0.272 e. The Morgan fingerprint density at radius 3 is 2.92 bits per heavy atom. The van der Waals surface area contributed by atoms with Crippen LogP contribution in [0.25, 0.3) is 5.65 Å². The van der Waals surface area contributed by atoms with E-state index in [4.69, 9.17) is 5.73 Å². The Hall–Kier alpha value is -1.91. The summed E-state index contributed by atoms with van der Waals surface area (Å²) in [5.41, 5.74) is 4.97. The van der Waals surface area contributed by atoms with Gasteiger partial charge in [0.15, 0.2) is 5.69 Å². The maximum Gasteiger partial charge on any atom is 0.272 e. The van der Waals surface area contributed by atoms with Gasteiger partial charge in [0.25, 0.3) is 5.91 Å². The zero-order valence-corrected chi connectivity index (χ0v) is 6.57. The third kappa shape index (κ3) is 1.05. The highest BCUT2D eigenvalue weighted by Gasteiger charge is 2.15. The molecule has 0 bridgehead atoms. The third-order valence-corrected chi connectivity index (χ3v) is 1.71. The van der Waals surface area contributed by atoms with Gasteiger partial charge in [0.2, 0.25) is 5.95 Å². The SMILES string of the molecule is NC(=O)c1nc2ccccn2c1F. The van der Waals surface area contributed by atoms with Gasteiger partial charge in [0.05, 0.1) is 0 Å². The number of hydrogen-bond donors (Lipinski definition) is 1. The van der Waals surface area contributed by atoms with Gasteiger partial charge in [-0.1, -0.05) is 6.07 Å². The van der Waals surface area contributed by atoms with Crippen LogP contribution in [-0.4, -0.2) is 15.3 Å². The van der Waals surface area contributed by atoms with Crippen LogP contribution in [0.4, 0.5) is 4.39 Å². The molecule has 13 heavy (non-hydrogen) atoms. The van der Waals surface area contributed by atoms with Crippen LogP contribution in [0.2, 0.25) is 0 Å². The van der Waals surface area contributed by atoms with E-state index in [0.29, 0.717) is 5.65 Å². The molecule has 0 aromatic carbocycles. The summed E-state index contributed by atoms with van der Waals surface area (Å²) in [6.07, 6.45) is 1.48. The van der Waals surface area contributed by atoms with E-state index in [-0.39, 0.29) is 5.69 Å². The van der Waals surface area contributed by atoms with Crippen LogP contribution in [0.15, 0.2) is 24.4 Å². The van der Waals surface area contributed by atoms with E-state index in [1.54, 1.807) is 18.2 Å². The Bertz CT molecular complexity index is 477. The Labute approximate surface area is 72.8 Å². The number of nitrogens with zero attached hydrogens (tertiary/aromatic N) is 2. The van der Waals surface area contributed by atoms with Crippen LogP contribution in [-0.2, 0) is 0 Å². The summed E-state index contributed by atoms with van der Waals surface area (Å²) in [7, 11) is 0. The van der Waals surface area contributed by atoms with Crippen molar-refractivity contribution in [3.8, 4) is 0 Å². The van der Waals surface area contributed by atoms with E-state index in [1.165, 1.54) is 10.6 Å². The lowest BCUT2D eigenvalue weighted by molar-refractivity contribution is 0.0991. The quantitative estimate of drug-likeness (QED) is 0.695. The molecule has 0 unspecified atom stereocenters. The minimum Gasteiger partial charge on any atom is -0.364 e. The first-order chi connectivity index (χ1) is 6.20. The average Bonchev–Trinajstić information content (AvgIpc) is 2.45. The monoisotopic (exact) mass is 179 g/mol. The van der Waals surface area contributed by atoms with E-state index in [9.17, 15) is 9.18 Å². The second-order valence-corrected chi connectivity index (χ2v) is 2.54. The van der Waals surface area contributed by atoms with Crippen molar-refractivity contribution in [1.82, 2.24) is 9.38 Å². The molecule has 0 saturated carbocycles. The molecule has 0 aliphatic rings. The zero-order chi connectivity index (χ0) is 9.42. The lowest BCUT2D eigenvalue weighted by Crippen LogP contribution is -2.13. The Balaban J connectivity index is 2.81. The topological polar surface area (TPSA) is 60.4 Å². The van der Waals surface area contributed by atoms with Gasteiger partial charge in [-0.2, -0.15) is 4.39 Å². The number of rotatable bonds is 1. The molecule has 1 amide bonds. The Morgan fingerprint density at radius 2 is 2.31 bits per heavy atom. The van der Waals surface area contributed by atoms with Crippen molar-refractivity contribution in [2.45, 2.75) is 0 Å². The average molecular weight is 179 g/mol. The highest BCUT2D eigenvalue weighted by molar-refractivity contribution is 5.91. The van der Waals surface area contributed by atoms with E-state index >= 15 is 0 Å². The summed E-state index contributed by atoms with van der Waals surface area (Å²) in [6.45, 7) is 0. The fourth-order valence-electron chi connectivity index (χ4n) is 1.12. The minimum atomic E-state index is -0.860. The third-order valence-electron chi connectivity index (χ3n) is 1.71. The predicted octanol–water partition coefficient (Wildman–Crippen LogP) is 0.572. The van der Waals surface area contributed by atoms with Crippen LogP contribution >= 0.6 is 0 Å². The normalized spacial score (nSPS) is 10.5. The van der Waals surface area contributed by atoms with Gasteiger partial charge >= 0.3 is 0 Å². The van der Waals surface area contributed by atoms with E-state index < -0.39 is 11.9 Å². The zero-order valence-electron chi connectivity index (χ0n) is 6.57. The van der Waals surface area contributed by atoms with Crippen LogP contribution < -0.4 is 5.73 Å². The fourth-order valence-corrected chi connectivity index (χ4v) is 1.12. The van der Waals surface area contributed by atoms with Crippen LogP contribution in [0.1, 0.15) is 10.5 Å². The molecule has 2 heterocycles. The van der Waals surface area contributed by atoms with Crippen LogP contribution in [0.5, 0.6) is 0 Å². The maximum absolute atomic E-state index is 13.3. The molecule has 0 atom stereocenters. The van der Waals surface area contributed by atoms with Crippen molar-refractivity contribution < 1.29 is 9.18 Å². The van der Waals surface area contributed by atoms with Crippen molar-refractivity contribution in [2.75, 3.05) is 0 Å². The number of imidazole rings is 1. The largest absolute Gasteiger partial charge is 0.364 e. The molecule has 2 aromatic rings. The molecule has 0 aliphatic heterocycles. The summed E-state index contributed by atoms with van der Waals surface area (Å²) < 4.78 is 14.4. The first-order valence-electron chi connectivity index (χ1n) is 3.62. The molecule has 2 aromatic heterocycles. The van der Waals surface area contributed by atoms with Gasteiger partial charge in [-0.25, -0.2) is 4.98 Å². The molecule has 0 radical (unpaired) electrons. The summed E-state index contributed by atoms with van der Waals surface area (Å²) in [6, 6.07) is 4.94. The van der Waals surface area contributed by atoms with Crippen molar-refractivity contribution in [3.63, 3.8) is 0 Å². The van der Waals surface area contributed by atoms with Crippen LogP contribution in [0, 0.1) is 5.95 Å². The van der Waals surface area contributed by atoms with Gasteiger partial charge in [-0.15, -0.1) is 0 Å². The number of primary amides is 1. The van der Waals surface area contributed by atoms with Crippen molar-refractivity contribution in [1.29, 1.82) is 0 Å². The predicted molar refractivity (Wildman–Crippen MR) is 43.7 cm³/mol. The molecule has 5 heteroatoms. The van der Waals surface area contributed by atoms with Crippen molar-refractivity contribution >= 4 is 11.6 Å². The highest BCUT2D eigenvalue weighted by atomic mass is 19.1. The molecular formula is C8H6FN3O. The van der Waals surface area contributed by atoms with Gasteiger partial charge < -0.3 is 5.73 Å². The molecule has 0 spiro atoms. The Kier molecular flexibility index (Phi) is 1.51. The Morgan fingerprint density at radius 1 is 1.54 bits per heavy atom. The lowest BCUT2D eigenvalue weighted by atomic mass is 10.4. The fraction of sp³-hybridized carbons (Fsp3) is 0. The van der Waals surface area contributed by atoms with Crippen molar-refractivity contribution in [3.05, 3.63) is 36.0 Å². The van der Waals surface area contributed by atoms with Gasteiger partial charge in [-0.3, -0.25) is 9.20 Å². The van der Waals surface area contributed by atoms with E-state index in [1.807, 2.05) is 0 Å². The molecule has 0 aliphatic carbocycles. The number of pyridine rings is 1. The molecule has 2 N–H and O–H groups in total. The van der Waals surface area contributed by atoms with Gasteiger partial charge in [0.1, 0.15) is 5.65 Å². The summed E-state index contributed by atoms with van der Waals surface area (Å²) in [4.78, 5) is 14.4.